The SMILES string of the molecule is CCCC1CCC(Nc2ccc(F)cc2C(=O)OC)CC1. The van der Waals surface area contributed by atoms with Gasteiger partial charge in [0.05, 0.1) is 12.7 Å². The van der Waals surface area contributed by atoms with E-state index in [-0.39, 0.29) is 5.56 Å². The molecule has 1 aromatic rings. The number of carbonyl (C=O) groups excluding carboxylic acids is 1. The van der Waals surface area contributed by atoms with Crippen LogP contribution in [-0.4, -0.2) is 19.1 Å². The van der Waals surface area contributed by atoms with Crippen LogP contribution >= 0.6 is 0 Å². The number of nitrogens with one attached hydrogen (secondary N) is 1. The molecule has 0 saturated heterocycles. The first-order valence-electron chi connectivity index (χ1n) is 7.78. The highest BCUT2D eigenvalue weighted by Crippen LogP contribution is 2.30. The Hall–Kier alpha value is -1.58. The minimum Gasteiger partial charge on any atom is -0.465 e. The van der Waals surface area contributed by atoms with E-state index in [1.54, 1.807) is 6.07 Å². The number of halogens is 1. The highest BCUT2D eigenvalue weighted by molar-refractivity contribution is 5.95. The molecule has 1 saturated carbocycles. The van der Waals surface area contributed by atoms with Crippen molar-refractivity contribution in [1.82, 2.24) is 0 Å². The second-order valence-corrected chi connectivity index (χ2v) is 5.83. The number of benzene rings is 1. The molecule has 0 aliphatic heterocycles. The zero-order valence-corrected chi connectivity index (χ0v) is 12.8. The number of carbonyl (C=O) groups is 1. The first-order chi connectivity index (χ1) is 10.1. The molecule has 0 heterocycles. The number of anilines is 1. The number of ether oxygens (including phenoxy) is 1. The Morgan fingerprint density at radius 2 is 2.05 bits per heavy atom. The number of hydrogen-bond acceptors (Lipinski definition) is 3. The largest absolute Gasteiger partial charge is 0.465 e. The lowest BCUT2D eigenvalue weighted by Crippen LogP contribution is -2.27. The number of methoxy groups -OCH3 is 1. The van der Waals surface area contributed by atoms with Crippen LogP contribution in [0.15, 0.2) is 18.2 Å². The molecule has 0 radical (unpaired) electrons. The average Bonchev–Trinajstić information content (AvgIpc) is 2.50. The summed E-state index contributed by atoms with van der Waals surface area (Å²) in [6.45, 7) is 2.23. The fourth-order valence-corrected chi connectivity index (χ4v) is 3.14. The molecule has 2 rings (SSSR count). The summed E-state index contributed by atoms with van der Waals surface area (Å²) in [7, 11) is 1.31. The van der Waals surface area contributed by atoms with E-state index in [1.165, 1.54) is 44.9 Å². The molecule has 0 aromatic heterocycles. The molecule has 1 aliphatic carbocycles. The summed E-state index contributed by atoms with van der Waals surface area (Å²) in [6, 6.07) is 4.58. The van der Waals surface area contributed by atoms with Crippen molar-refractivity contribution in [2.75, 3.05) is 12.4 Å². The van der Waals surface area contributed by atoms with Crippen molar-refractivity contribution in [3.63, 3.8) is 0 Å². The van der Waals surface area contributed by atoms with Gasteiger partial charge in [-0.25, -0.2) is 9.18 Å². The molecule has 116 valence electrons. The van der Waals surface area contributed by atoms with Gasteiger partial charge in [-0.1, -0.05) is 19.8 Å². The van der Waals surface area contributed by atoms with Crippen LogP contribution in [-0.2, 0) is 4.74 Å². The minimum atomic E-state index is -0.503. The Bertz CT molecular complexity index is 482. The lowest BCUT2D eigenvalue weighted by atomic mass is 9.83. The molecule has 21 heavy (non-hydrogen) atoms. The molecule has 1 aliphatic rings. The second kappa shape index (κ2) is 7.43. The molecule has 1 aromatic carbocycles. The summed E-state index contributed by atoms with van der Waals surface area (Å²) < 4.78 is 18.0. The molecular weight excluding hydrogens is 269 g/mol. The lowest BCUT2D eigenvalue weighted by Gasteiger charge is -2.30. The Morgan fingerprint density at radius 3 is 2.67 bits per heavy atom. The van der Waals surface area contributed by atoms with Crippen molar-refractivity contribution in [3.8, 4) is 0 Å². The van der Waals surface area contributed by atoms with Crippen molar-refractivity contribution in [3.05, 3.63) is 29.6 Å². The molecule has 0 bridgehead atoms. The zero-order valence-electron chi connectivity index (χ0n) is 12.8. The van der Waals surface area contributed by atoms with Gasteiger partial charge in [0.25, 0.3) is 0 Å². The second-order valence-electron chi connectivity index (χ2n) is 5.83. The number of hydrogen-bond donors (Lipinski definition) is 1. The molecule has 0 spiro atoms. The van der Waals surface area contributed by atoms with Crippen LogP contribution in [0.2, 0.25) is 0 Å². The predicted octanol–water partition coefficient (Wildman–Crippen LogP) is 4.38. The summed E-state index contributed by atoms with van der Waals surface area (Å²) >= 11 is 0. The third-order valence-corrected chi connectivity index (χ3v) is 4.29. The summed E-state index contributed by atoms with van der Waals surface area (Å²) in [4.78, 5) is 11.7. The van der Waals surface area contributed by atoms with Crippen LogP contribution in [0.4, 0.5) is 10.1 Å². The van der Waals surface area contributed by atoms with Crippen LogP contribution in [0.1, 0.15) is 55.8 Å². The minimum absolute atomic E-state index is 0.271. The summed E-state index contributed by atoms with van der Waals surface area (Å²) in [6.07, 6.45) is 7.19. The molecule has 1 N–H and O–H groups in total. The monoisotopic (exact) mass is 293 g/mol. The third kappa shape index (κ3) is 4.19. The molecule has 0 unspecified atom stereocenters. The maximum atomic E-state index is 13.3. The zero-order chi connectivity index (χ0) is 15.2. The van der Waals surface area contributed by atoms with E-state index in [9.17, 15) is 9.18 Å². The quantitative estimate of drug-likeness (QED) is 0.819. The predicted molar refractivity (Wildman–Crippen MR) is 82.0 cm³/mol. The Morgan fingerprint density at radius 1 is 1.33 bits per heavy atom. The number of esters is 1. The van der Waals surface area contributed by atoms with Gasteiger partial charge in [0.1, 0.15) is 5.82 Å². The van der Waals surface area contributed by atoms with Crippen LogP contribution in [0.5, 0.6) is 0 Å². The van der Waals surface area contributed by atoms with Gasteiger partial charge in [-0.05, 0) is 49.8 Å². The third-order valence-electron chi connectivity index (χ3n) is 4.29. The molecule has 0 amide bonds. The lowest BCUT2D eigenvalue weighted by molar-refractivity contribution is 0.0601. The molecule has 4 heteroatoms. The van der Waals surface area contributed by atoms with Gasteiger partial charge in [0.15, 0.2) is 0 Å². The van der Waals surface area contributed by atoms with Crippen LogP contribution in [0.3, 0.4) is 0 Å². The highest BCUT2D eigenvalue weighted by Gasteiger charge is 2.22. The van der Waals surface area contributed by atoms with Gasteiger partial charge < -0.3 is 10.1 Å². The normalized spacial score (nSPS) is 21.9. The summed E-state index contributed by atoms with van der Waals surface area (Å²) in [5.74, 6) is -0.0920. The molecular formula is C17H24FNO2. The molecule has 3 nitrogen and oxygen atoms in total. The van der Waals surface area contributed by atoms with Crippen LogP contribution in [0, 0.1) is 11.7 Å². The first-order valence-corrected chi connectivity index (χ1v) is 7.78. The summed E-state index contributed by atoms with van der Waals surface area (Å²) in [5.41, 5.74) is 0.940. The molecule has 0 atom stereocenters. The Labute approximate surface area is 125 Å². The average molecular weight is 293 g/mol. The van der Waals surface area contributed by atoms with Crippen molar-refractivity contribution < 1.29 is 13.9 Å². The Kier molecular flexibility index (Phi) is 5.59. The highest BCUT2D eigenvalue weighted by atomic mass is 19.1. The Balaban J connectivity index is 2.02. The van der Waals surface area contributed by atoms with E-state index >= 15 is 0 Å². The van der Waals surface area contributed by atoms with E-state index in [4.69, 9.17) is 4.74 Å². The van der Waals surface area contributed by atoms with Gasteiger partial charge in [-0.15, -0.1) is 0 Å². The van der Waals surface area contributed by atoms with Gasteiger partial charge in [-0.2, -0.15) is 0 Å². The van der Waals surface area contributed by atoms with Crippen molar-refractivity contribution >= 4 is 11.7 Å². The topological polar surface area (TPSA) is 38.3 Å². The first kappa shape index (κ1) is 15.8. The fraction of sp³-hybridized carbons (Fsp3) is 0.588. The molecule has 1 fully saturated rings. The van der Waals surface area contributed by atoms with E-state index in [0.717, 1.165) is 18.8 Å². The van der Waals surface area contributed by atoms with Crippen LogP contribution in [0.25, 0.3) is 0 Å². The number of rotatable bonds is 5. The summed E-state index contributed by atoms with van der Waals surface area (Å²) in [5, 5.41) is 3.39. The van der Waals surface area contributed by atoms with Crippen molar-refractivity contribution in [2.45, 2.75) is 51.5 Å². The fourth-order valence-electron chi connectivity index (χ4n) is 3.14. The van der Waals surface area contributed by atoms with Crippen LogP contribution < -0.4 is 5.32 Å². The smallest absolute Gasteiger partial charge is 0.340 e. The maximum absolute atomic E-state index is 13.3. The standard InChI is InChI=1S/C17H24FNO2/c1-3-4-12-5-8-14(9-6-12)19-16-10-7-13(18)11-15(16)17(20)21-2/h7,10-12,14,19H,3-6,8-9H2,1-2H3. The van der Waals surface area contributed by atoms with Gasteiger partial charge in [0.2, 0.25) is 0 Å². The van der Waals surface area contributed by atoms with Crippen molar-refractivity contribution in [1.29, 1.82) is 0 Å². The van der Waals surface area contributed by atoms with Gasteiger partial charge >= 0.3 is 5.97 Å². The van der Waals surface area contributed by atoms with E-state index in [0.29, 0.717) is 11.7 Å². The van der Waals surface area contributed by atoms with E-state index in [1.807, 2.05) is 0 Å². The van der Waals surface area contributed by atoms with Gasteiger partial charge in [-0.3, -0.25) is 0 Å². The van der Waals surface area contributed by atoms with E-state index in [2.05, 4.69) is 12.2 Å². The van der Waals surface area contributed by atoms with E-state index < -0.39 is 11.8 Å². The van der Waals surface area contributed by atoms with Gasteiger partial charge in [0, 0.05) is 11.7 Å². The van der Waals surface area contributed by atoms with Crippen molar-refractivity contribution in [2.24, 2.45) is 5.92 Å². The maximum Gasteiger partial charge on any atom is 0.340 e.